The second-order valence-electron chi connectivity index (χ2n) is 8.66. The van der Waals surface area contributed by atoms with Gasteiger partial charge in [-0.15, -0.1) is 0 Å². The molecule has 0 aromatic carbocycles. The van der Waals surface area contributed by atoms with E-state index in [9.17, 15) is 9.59 Å². The van der Waals surface area contributed by atoms with Crippen LogP contribution in [0.3, 0.4) is 0 Å². The molecule has 5 aliphatic rings. The molecule has 6 unspecified atom stereocenters. The van der Waals surface area contributed by atoms with Gasteiger partial charge in [0, 0.05) is 18.3 Å². The molecule has 4 aliphatic heterocycles. The highest BCUT2D eigenvalue weighted by Gasteiger charge is 2.69. The summed E-state index contributed by atoms with van der Waals surface area (Å²) < 4.78 is 17.8. The van der Waals surface area contributed by atoms with Crippen LogP contribution in [0.2, 0.25) is 0 Å². The third-order valence-corrected chi connectivity index (χ3v) is 6.89. The Morgan fingerprint density at radius 3 is 2.63 bits per heavy atom. The van der Waals surface area contributed by atoms with Crippen molar-refractivity contribution in [3.05, 3.63) is 0 Å². The number of carbonyl (C=O) groups is 2. The summed E-state index contributed by atoms with van der Waals surface area (Å²) in [5.41, 5.74) is -0.697. The zero-order valence-electron chi connectivity index (χ0n) is 16.0. The van der Waals surface area contributed by atoms with Crippen LogP contribution in [-0.4, -0.2) is 41.0 Å². The van der Waals surface area contributed by atoms with E-state index in [1.165, 1.54) is 0 Å². The maximum Gasteiger partial charge on any atom is 0.308 e. The molecule has 4 saturated heterocycles. The Balaban J connectivity index is 1.58. The summed E-state index contributed by atoms with van der Waals surface area (Å²) in [6, 6.07) is 0. The first-order valence-electron chi connectivity index (χ1n) is 9.86. The molecule has 2 bridgehead atoms. The molecule has 1 N–H and O–H groups in total. The Morgan fingerprint density at radius 2 is 1.89 bits per heavy atom. The van der Waals surface area contributed by atoms with Gasteiger partial charge in [-0.25, -0.2) is 9.78 Å². The standard InChI is InChI=1S/C19H28O8/c1-10-4-5-13-11(2)16(23-15(22)7-6-14(20)21)24-17-19(13)12(10)8-9-18(3,25-17)26-27-19/h10-13,16-17H,4-9H2,1-3H3,(H,20,21)/t10?,11?,12?,13?,16?,17?,18-,19-/m1/s1. The van der Waals surface area contributed by atoms with Gasteiger partial charge in [0.25, 0.3) is 0 Å². The van der Waals surface area contributed by atoms with Gasteiger partial charge >= 0.3 is 11.9 Å². The monoisotopic (exact) mass is 384 g/mol. The summed E-state index contributed by atoms with van der Waals surface area (Å²) in [4.78, 5) is 34.5. The molecule has 0 amide bonds. The van der Waals surface area contributed by atoms with Crippen molar-refractivity contribution in [1.29, 1.82) is 0 Å². The highest BCUT2D eigenvalue weighted by Crippen LogP contribution is 2.60. The van der Waals surface area contributed by atoms with Gasteiger partial charge in [-0.05, 0) is 38.0 Å². The first-order chi connectivity index (χ1) is 12.7. The number of carboxylic acid groups (broad SMARTS) is 1. The first kappa shape index (κ1) is 19.1. The number of ether oxygens (including phenoxy) is 3. The van der Waals surface area contributed by atoms with E-state index in [-0.39, 0.29) is 30.6 Å². The fourth-order valence-corrected chi connectivity index (χ4v) is 5.40. The van der Waals surface area contributed by atoms with Crippen LogP contribution in [0.5, 0.6) is 0 Å². The molecule has 0 aromatic heterocycles. The van der Waals surface area contributed by atoms with Crippen molar-refractivity contribution in [2.75, 3.05) is 0 Å². The Morgan fingerprint density at radius 1 is 1.11 bits per heavy atom. The number of hydrogen-bond donors (Lipinski definition) is 1. The Kier molecular flexibility index (Phi) is 4.73. The van der Waals surface area contributed by atoms with Crippen molar-refractivity contribution < 1.29 is 38.7 Å². The molecule has 8 nitrogen and oxygen atoms in total. The van der Waals surface area contributed by atoms with E-state index in [1.807, 2.05) is 13.8 Å². The Bertz CT molecular complexity index is 623. The average Bonchev–Trinajstić information content (AvgIpc) is 2.84. The topological polar surface area (TPSA) is 101 Å². The predicted octanol–water partition coefficient (Wildman–Crippen LogP) is 2.60. The second kappa shape index (κ2) is 6.69. The molecule has 8 heteroatoms. The molecule has 4 heterocycles. The number of esters is 1. The van der Waals surface area contributed by atoms with E-state index in [2.05, 4.69) is 6.92 Å². The van der Waals surface area contributed by atoms with E-state index in [0.29, 0.717) is 12.3 Å². The molecule has 1 aliphatic carbocycles. The van der Waals surface area contributed by atoms with Crippen LogP contribution in [0.25, 0.3) is 0 Å². The summed E-state index contributed by atoms with van der Waals surface area (Å²) in [6.07, 6.45) is 1.72. The lowest BCUT2D eigenvalue weighted by Crippen LogP contribution is -2.70. The lowest BCUT2D eigenvalue weighted by molar-refractivity contribution is -0.576. The molecule has 1 saturated carbocycles. The van der Waals surface area contributed by atoms with Crippen LogP contribution in [-0.2, 0) is 33.6 Å². The molecular formula is C19H28O8. The number of carboxylic acids is 1. The Hall–Kier alpha value is -1.22. The summed E-state index contributed by atoms with van der Waals surface area (Å²) in [7, 11) is 0. The maximum atomic E-state index is 12.1. The van der Waals surface area contributed by atoms with Crippen LogP contribution < -0.4 is 0 Å². The van der Waals surface area contributed by atoms with Crippen molar-refractivity contribution >= 4 is 11.9 Å². The summed E-state index contributed by atoms with van der Waals surface area (Å²) >= 11 is 0. The molecule has 152 valence electrons. The number of aliphatic carboxylic acids is 1. The molecule has 0 radical (unpaired) electrons. The van der Waals surface area contributed by atoms with Crippen LogP contribution >= 0.6 is 0 Å². The Labute approximate surface area is 158 Å². The van der Waals surface area contributed by atoms with E-state index < -0.39 is 35.9 Å². The molecule has 27 heavy (non-hydrogen) atoms. The number of fused-ring (bicyclic) bond motifs is 2. The summed E-state index contributed by atoms with van der Waals surface area (Å²) in [5, 5.41) is 8.76. The van der Waals surface area contributed by atoms with Gasteiger partial charge in [0.2, 0.25) is 12.1 Å². The smallest absolute Gasteiger partial charge is 0.308 e. The fraction of sp³-hybridized carbons (Fsp3) is 0.895. The van der Waals surface area contributed by atoms with Crippen molar-refractivity contribution in [3.63, 3.8) is 0 Å². The van der Waals surface area contributed by atoms with Gasteiger partial charge in [0.1, 0.15) is 0 Å². The van der Waals surface area contributed by atoms with Crippen LogP contribution in [0.15, 0.2) is 0 Å². The average molecular weight is 384 g/mol. The zero-order chi connectivity index (χ0) is 19.4. The van der Waals surface area contributed by atoms with Crippen LogP contribution in [0.4, 0.5) is 0 Å². The minimum Gasteiger partial charge on any atom is -0.481 e. The lowest BCUT2D eigenvalue weighted by atomic mass is 9.58. The number of hydrogen-bond acceptors (Lipinski definition) is 7. The summed E-state index contributed by atoms with van der Waals surface area (Å²) in [6.45, 7) is 6.06. The SMILES string of the molecule is CC1CCC2C(C)C(OC(=O)CCC(=O)O)OC3O[C@@]4(C)CCC1[C@]32OO4. The van der Waals surface area contributed by atoms with Crippen molar-refractivity contribution in [3.8, 4) is 0 Å². The third kappa shape index (κ3) is 3.06. The molecule has 5 fully saturated rings. The van der Waals surface area contributed by atoms with Gasteiger partial charge in [-0.2, -0.15) is 0 Å². The number of rotatable bonds is 4. The predicted molar refractivity (Wildman–Crippen MR) is 89.8 cm³/mol. The van der Waals surface area contributed by atoms with Gasteiger partial charge < -0.3 is 19.3 Å². The maximum absolute atomic E-state index is 12.1. The highest BCUT2D eigenvalue weighted by atomic mass is 17.3. The quantitative estimate of drug-likeness (QED) is 0.583. The minimum atomic E-state index is -1.03. The zero-order valence-corrected chi connectivity index (χ0v) is 16.0. The molecule has 1 spiro atoms. The van der Waals surface area contributed by atoms with E-state index in [1.54, 1.807) is 0 Å². The van der Waals surface area contributed by atoms with Gasteiger partial charge in [0.05, 0.1) is 12.8 Å². The lowest BCUT2D eigenvalue weighted by Gasteiger charge is -2.59. The molecule has 5 rings (SSSR count). The molecule has 8 atom stereocenters. The van der Waals surface area contributed by atoms with Crippen LogP contribution in [0.1, 0.15) is 59.3 Å². The van der Waals surface area contributed by atoms with Gasteiger partial charge in [0.15, 0.2) is 11.9 Å². The van der Waals surface area contributed by atoms with Gasteiger partial charge in [-0.3, -0.25) is 9.59 Å². The number of carbonyl (C=O) groups excluding carboxylic acids is 1. The van der Waals surface area contributed by atoms with E-state index in [4.69, 9.17) is 29.1 Å². The summed E-state index contributed by atoms with van der Waals surface area (Å²) in [5.74, 6) is -1.82. The third-order valence-electron chi connectivity index (χ3n) is 6.89. The molecular weight excluding hydrogens is 356 g/mol. The second-order valence-corrected chi connectivity index (χ2v) is 8.66. The highest BCUT2D eigenvalue weighted by molar-refractivity contribution is 5.76. The van der Waals surface area contributed by atoms with E-state index >= 15 is 0 Å². The first-order valence-corrected chi connectivity index (χ1v) is 9.86. The van der Waals surface area contributed by atoms with Crippen molar-refractivity contribution in [2.45, 2.75) is 83.3 Å². The fourth-order valence-electron chi connectivity index (χ4n) is 5.40. The van der Waals surface area contributed by atoms with Crippen molar-refractivity contribution in [2.24, 2.45) is 23.7 Å². The van der Waals surface area contributed by atoms with E-state index in [0.717, 1.165) is 19.3 Å². The normalized spacial score (nSPS) is 48.4. The van der Waals surface area contributed by atoms with Gasteiger partial charge in [-0.1, -0.05) is 13.8 Å². The minimum absolute atomic E-state index is 0.0670. The largest absolute Gasteiger partial charge is 0.481 e. The molecule has 0 aromatic rings. The van der Waals surface area contributed by atoms with Crippen molar-refractivity contribution in [1.82, 2.24) is 0 Å². The van der Waals surface area contributed by atoms with Crippen LogP contribution in [0, 0.1) is 23.7 Å².